The molecule has 5 heteroatoms. The van der Waals surface area contributed by atoms with E-state index in [1.165, 1.54) is 0 Å². The molecule has 0 spiro atoms. The lowest BCUT2D eigenvalue weighted by Gasteiger charge is -2.12. The maximum atomic E-state index is 12.1. The van der Waals surface area contributed by atoms with Crippen LogP contribution in [0.2, 0.25) is 0 Å². The molecule has 3 rings (SSSR count). The van der Waals surface area contributed by atoms with Crippen LogP contribution in [0.3, 0.4) is 0 Å². The van der Waals surface area contributed by atoms with Gasteiger partial charge in [-0.25, -0.2) is 4.98 Å². The number of aromatic nitrogens is 1. The monoisotopic (exact) mass is 324 g/mol. The van der Waals surface area contributed by atoms with Gasteiger partial charge in [-0.05, 0) is 56.2 Å². The van der Waals surface area contributed by atoms with Crippen molar-refractivity contribution in [3.63, 3.8) is 0 Å². The molecule has 1 heterocycles. The van der Waals surface area contributed by atoms with Gasteiger partial charge in [-0.2, -0.15) is 0 Å². The topological polar surface area (TPSA) is 64.4 Å². The SMILES string of the molecule is Cc1cc(C)cc(OCC(=O)NC(C)c2nc3ccccc3o2)c1. The van der Waals surface area contributed by atoms with Crippen LogP contribution in [0.15, 0.2) is 46.9 Å². The molecular formula is C19H20N2O3. The molecule has 24 heavy (non-hydrogen) atoms. The number of amides is 1. The lowest BCUT2D eigenvalue weighted by Crippen LogP contribution is -2.31. The number of carbonyl (C=O) groups excluding carboxylic acids is 1. The van der Waals surface area contributed by atoms with Crippen LogP contribution < -0.4 is 10.1 Å². The zero-order chi connectivity index (χ0) is 17.1. The molecule has 5 nitrogen and oxygen atoms in total. The molecule has 1 amide bonds. The molecule has 1 unspecified atom stereocenters. The van der Waals surface area contributed by atoms with Crippen LogP contribution in [0, 0.1) is 13.8 Å². The molecule has 1 aromatic heterocycles. The largest absolute Gasteiger partial charge is 0.484 e. The Labute approximate surface area is 140 Å². The van der Waals surface area contributed by atoms with Gasteiger partial charge < -0.3 is 14.5 Å². The van der Waals surface area contributed by atoms with E-state index < -0.39 is 0 Å². The smallest absolute Gasteiger partial charge is 0.258 e. The average molecular weight is 324 g/mol. The highest BCUT2D eigenvalue weighted by molar-refractivity contribution is 5.78. The number of nitrogens with zero attached hydrogens (tertiary/aromatic N) is 1. The molecule has 3 aromatic rings. The molecule has 0 saturated carbocycles. The zero-order valence-electron chi connectivity index (χ0n) is 14.0. The van der Waals surface area contributed by atoms with Gasteiger partial charge in [0.1, 0.15) is 17.3 Å². The Morgan fingerprint density at radius 3 is 2.62 bits per heavy atom. The molecule has 0 bridgehead atoms. The molecular weight excluding hydrogens is 304 g/mol. The fourth-order valence-electron chi connectivity index (χ4n) is 2.59. The van der Waals surface area contributed by atoms with Gasteiger partial charge in [0.05, 0.1) is 0 Å². The Hall–Kier alpha value is -2.82. The zero-order valence-corrected chi connectivity index (χ0v) is 14.0. The van der Waals surface area contributed by atoms with Crippen molar-refractivity contribution in [2.75, 3.05) is 6.61 Å². The number of hydrogen-bond donors (Lipinski definition) is 1. The van der Waals surface area contributed by atoms with E-state index in [1.807, 2.05) is 57.2 Å². The summed E-state index contributed by atoms with van der Waals surface area (Å²) in [6.45, 7) is 5.78. The van der Waals surface area contributed by atoms with E-state index in [4.69, 9.17) is 9.15 Å². The first kappa shape index (κ1) is 16.1. The summed E-state index contributed by atoms with van der Waals surface area (Å²) in [5, 5.41) is 2.84. The van der Waals surface area contributed by atoms with Gasteiger partial charge in [0, 0.05) is 0 Å². The first-order chi connectivity index (χ1) is 11.5. The molecule has 0 saturated heterocycles. The molecule has 0 aliphatic rings. The standard InChI is InChI=1S/C19H20N2O3/c1-12-8-13(2)10-15(9-12)23-11-18(22)20-14(3)19-21-16-6-4-5-7-17(16)24-19/h4-10,14H,11H2,1-3H3,(H,20,22). The number of nitrogens with one attached hydrogen (secondary N) is 1. The van der Waals surface area contributed by atoms with Crippen molar-refractivity contribution in [2.45, 2.75) is 26.8 Å². The second-order valence-corrected chi connectivity index (χ2v) is 5.92. The summed E-state index contributed by atoms with van der Waals surface area (Å²) in [7, 11) is 0. The molecule has 1 atom stereocenters. The highest BCUT2D eigenvalue weighted by Gasteiger charge is 2.16. The molecule has 1 N–H and O–H groups in total. The van der Waals surface area contributed by atoms with Crippen molar-refractivity contribution in [2.24, 2.45) is 0 Å². The quantitative estimate of drug-likeness (QED) is 0.777. The number of ether oxygens (including phenoxy) is 1. The molecule has 0 fully saturated rings. The van der Waals surface area contributed by atoms with Crippen LogP contribution in [-0.2, 0) is 4.79 Å². The van der Waals surface area contributed by atoms with E-state index in [0.717, 1.165) is 16.6 Å². The van der Waals surface area contributed by atoms with Crippen LogP contribution >= 0.6 is 0 Å². The van der Waals surface area contributed by atoms with E-state index in [-0.39, 0.29) is 18.6 Å². The molecule has 0 radical (unpaired) electrons. The fourth-order valence-corrected chi connectivity index (χ4v) is 2.59. The van der Waals surface area contributed by atoms with Crippen LogP contribution in [0.1, 0.15) is 30.0 Å². The Morgan fingerprint density at radius 1 is 1.21 bits per heavy atom. The minimum absolute atomic E-state index is 0.0482. The van der Waals surface area contributed by atoms with Gasteiger partial charge in [0.15, 0.2) is 12.2 Å². The number of carbonyl (C=O) groups is 1. The minimum atomic E-state index is -0.326. The Morgan fingerprint density at radius 2 is 1.92 bits per heavy atom. The lowest BCUT2D eigenvalue weighted by molar-refractivity contribution is -0.123. The van der Waals surface area contributed by atoms with Crippen molar-refractivity contribution in [3.05, 3.63) is 59.5 Å². The van der Waals surface area contributed by atoms with Gasteiger partial charge in [-0.1, -0.05) is 18.2 Å². The Balaban J connectivity index is 1.59. The Bertz CT molecular complexity index is 817. The van der Waals surface area contributed by atoms with E-state index in [0.29, 0.717) is 17.2 Å². The van der Waals surface area contributed by atoms with Gasteiger partial charge in [-0.15, -0.1) is 0 Å². The summed E-state index contributed by atoms with van der Waals surface area (Å²) >= 11 is 0. The van der Waals surface area contributed by atoms with Crippen LogP contribution in [0.25, 0.3) is 11.1 Å². The van der Waals surface area contributed by atoms with Crippen LogP contribution in [-0.4, -0.2) is 17.5 Å². The van der Waals surface area contributed by atoms with Crippen molar-refractivity contribution >= 4 is 17.0 Å². The van der Waals surface area contributed by atoms with E-state index >= 15 is 0 Å². The third kappa shape index (κ3) is 3.74. The third-order valence-electron chi connectivity index (χ3n) is 3.62. The van der Waals surface area contributed by atoms with Gasteiger partial charge in [-0.3, -0.25) is 4.79 Å². The number of para-hydroxylation sites is 2. The van der Waals surface area contributed by atoms with Crippen molar-refractivity contribution in [1.82, 2.24) is 10.3 Å². The first-order valence-electron chi connectivity index (χ1n) is 7.87. The predicted octanol–water partition coefficient (Wildman–Crippen LogP) is 3.70. The highest BCUT2D eigenvalue weighted by Crippen LogP contribution is 2.20. The summed E-state index contributed by atoms with van der Waals surface area (Å²) < 4.78 is 11.2. The summed E-state index contributed by atoms with van der Waals surface area (Å²) in [6.07, 6.45) is 0. The number of hydrogen-bond acceptors (Lipinski definition) is 4. The number of oxazole rings is 1. The maximum absolute atomic E-state index is 12.1. The molecule has 124 valence electrons. The predicted molar refractivity (Wildman–Crippen MR) is 92.0 cm³/mol. The van der Waals surface area contributed by atoms with Crippen molar-refractivity contribution < 1.29 is 13.9 Å². The second kappa shape index (κ2) is 6.74. The molecule has 0 aliphatic heterocycles. The van der Waals surface area contributed by atoms with Crippen molar-refractivity contribution in [3.8, 4) is 5.75 Å². The summed E-state index contributed by atoms with van der Waals surface area (Å²) in [4.78, 5) is 16.5. The number of aryl methyl sites for hydroxylation is 2. The molecule has 2 aromatic carbocycles. The first-order valence-corrected chi connectivity index (χ1v) is 7.87. The maximum Gasteiger partial charge on any atom is 0.258 e. The van der Waals surface area contributed by atoms with E-state index in [1.54, 1.807) is 0 Å². The lowest BCUT2D eigenvalue weighted by atomic mass is 10.1. The van der Waals surface area contributed by atoms with Crippen LogP contribution in [0.5, 0.6) is 5.75 Å². The average Bonchev–Trinajstić information content (AvgIpc) is 2.96. The third-order valence-corrected chi connectivity index (χ3v) is 3.62. The summed E-state index contributed by atoms with van der Waals surface area (Å²) in [6, 6.07) is 13.1. The van der Waals surface area contributed by atoms with Crippen molar-refractivity contribution in [1.29, 1.82) is 0 Å². The van der Waals surface area contributed by atoms with E-state index in [2.05, 4.69) is 16.4 Å². The number of fused-ring (bicyclic) bond motifs is 1. The second-order valence-electron chi connectivity index (χ2n) is 5.92. The normalized spacial score (nSPS) is 12.1. The van der Waals surface area contributed by atoms with E-state index in [9.17, 15) is 4.79 Å². The fraction of sp³-hybridized carbons (Fsp3) is 0.263. The number of rotatable bonds is 5. The summed E-state index contributed by atoms with van der Waals surface area (Å²) in [5.41, 5.74) is 3.69. The molecule has 0 aliphatic carbocycles. The summed E-state index contributed by atoms with van der Waals surface area (Å²) in [5.74, 6) is 0.956. The number of benzene rings is 2. The minimum Gasteiger partial charge on any atom is -0.484 e. The van der Waals surface area contributed by atoms with Gasteiger partial charge >= 0.3 is 0 Å². The van der Waals surface area contributed by atoms with Gasteiger partial charge in [0.25, 0.3) is 5.91 Å². The highest BCUT2D eigenvalue weighted by atomic mass is 16.5. The van der Waals surface area contributed by atoms with Crippen LogP contribution in [0.4, 0.5) is 0 Å². The Kier molecular flexibility index (Phi) is 4.51. The van der Waals surface area contributed by atoms with Gasteiger partial charge in [0.2, 0.25) is 5.89 Å².